The lowest BCUT2D eigenvalue weighted by Gasteiger charge is -2.14. The number of nitrogens with zero attached hydrogens (tertiary/aromatic N) is 3. The van der Waals surface area contributed by atoms with Crippen LogP contribution < -0.4 is 0 Å². The molecule has 39 heavy (non-hydrogen) atoms. The molecule has 2 amide bonds. The number of imide groups is 1. The zero-order valence-electron chi connectivity index (χ0n) is 20.0. The van der Waals surface area contributed by atoms with Crippen LogP contribution in [0.4, 0.5) is 18.0 Å². The number of carbonyl (C=O) groups is 2. The average Bonchev–Trinajstić information content (AvgIpc) is 3.59. The monoisotopic (exact) mass is 566 g/mol. The number of nitrogens with one attached hydrogen (secondary N) is 1. The smallest absolute Gasteiger partial charge is 0.361 e. The molecule has 0 saturated carbocycles. The van der Waals surface area contributed by atoms with Crippen molar-refractivity contribution in [3.63, 3.8) is 0 Å². The zero-order chi connectivity index (χ0) is 27.3. The Hall–Kier alpha value is -4.02. The van der Waals surface area contributed by atoms with E-state index in [1.54, 1.807) is 30.5 Å². The lowest BCUT2D eigenvalue weighted by Crippen LogP contribution is -2.27. The van der Waals surface area contributed by atoms with E-state index in [9.17, 15) is 22.8 Å². The summed E-state index contributed by atoms with van der Waals surface area (Å²) in [4.78, 5) is 30.3. The molecule has 0 aliphatic carbocycles. The summed E-state index contributed by atoms with van der Waals surface area (Å²) >= 11 is 6.67. The third-order valence-electron chi connectivity index (χ3n) is 6.49. The van der Waals surface area contributed by atoms with E-state index >= 15 is 0 Å². The zero-order valence-corrected chi connectivity index (χ0v) is 21.6. The number of aromatic nitrogens is 3. The number of aromatic amines is 1. The second-order valence-corrected chi connectivity index (χ2v) is 10.5. The van der Waals surface area contributed by atoms with Gasteiger partial charge >= 0.3 is 6.18 Å². The van der Waals surface area contributed by atoms with Crippen LogP contribution in [0.5, 0.6) is 0 Å². The molecule has 6 rings (SSSR count). The first-order chi connectivity index (χ1) is 18.7. The SMILES string of the molecule is O=C1S/C(=C\c2ccc3c(cnn3Cc3ccc(Cl)cc3C(F)(F)F)c2)C(=O)N1Cc1ccc2[nH]ccc2c1. The maximum absolute atomic E-state index is 13.5. The number of rotatable bonds is 5. The minimum absolute atomic E-state index is 0.00665. The summed E-state index contributed by atoms with van der Waals surface area (Å²) in [7, 11) is 0. The minimum atomic E-state index is -4.55. The van der Waals surface area contributed by atoms with Crippen LogP contribution in [-0.4, -0.2) is 30.8 Å². The Morgan fingerprint density at radius 3 is 2.64 bits per heavy atom. The quantitative estimate of drug-likeness (QED) is 0.224. The number of halogens is 4. The number of alkyl halides is 3. The van der Waals surface area contributed by atoms with E-state index in [4.69, 9.17) is 11.6 Å². The van der Waals surface area contributed by atoms with Gasteiger partial charge in [-0.2, -0.15) is 18.3 Å². The molecule has 0 unspecified atom stereocenters. The van der Waals surface area contributed by atoms with E-state index in [1.165, 1.54) is 21.7 Å². The van der Waals surface area contributed by atoms with Crippen molar-refractivity contribution >= 4 is 62.4 Å². The van der Waals surface area contributed by atoms with Gasteiger partial charge in [-0.1, -0.05) is 29.8 Å². The molecule has 1 fully saturated rings. The molecule has 1 aliphatic rings. The topological polar surface area (TPSA) is 71.0 Å². The van der Waals surface area contributed by atoms with Crippen molar-refractivity contribution in [1.82, 2.24) is 19.7 Å². The Balaban J connectivity index is 1.23. The van der Waals surface area contributed by atoms with Gasteiger partial charge in [0.25, 0.3) is 11.1 Å². The first-order valence-corrected chi connectivity index (χ1v) is 13.0. The predicted molar refractivity (Wildman–Crippen MR) is 145 cm³/mol. The van der Waals surface area contributed by atoms with Gasteiger partial charge in [-0.05, 0) is 82.4 Å². The standard InChI is InChI=1S/C28H18ClF3N4O2S/c29-21-4-3-19(22(12-21)28(30,31)32)15-36-24-6-2-16(9-20(24)13-34-36)11-25-26(37)35(27(38)39-25)14-17-1-5-23-18(10-17)7-8-33-23/h1-13,33H,14-15H2/b25-11-. The summed E-state index contributed by atoms with van der Waals surface area (Å²) < 4.78 is 42.0. The molecule has 3 heterocycles. The van der Waals surface area contributed by atoms with Crippen LogP contribution in [0.1, 0.15) is 22.3 Å². The largest absolute Gasteiger partial charge is 0.416 e. The highest BCUT2D eigenvalue weighted by molar-refractivity contribution is 8.18. The number of fused-ring (bicyclic) bond motifs is 2. The molecule has 1 saturated heterocycles. The summed E-state index contributed by atoms with van der Waals surface area (Å²) in [5, 5.41) is 5.61. The van der Waals surface area contributed by atoms with Crippen molar-refractivity contribution in [2.24, 2.45) is 0 Å². The molecule has 0 spiro atoms. The Morgan fingerprint density at radius 2 is 1.82 bits per heavy atom. The van der Waals surface area contributed by atoms with Crippen molar-refractivity contribution in [3.8, 4) is 0 Å². The lowest BCUT2D eigenvalue weighted by molar-refractivity contribution is -0.138. The Labute approximate surface area is 229 Å². The van der Waals surface area contributed by atoms with Gasteiger partial charge < -0.3 is 4.98 Å². The van der Waals surface area contributed by atoms with E-state index in [-0.39, 0.29) is 34.8 Å². The van der Waals surface area contributed by atoms with Crippen molar-refractivity contribution in [3.05, 3.63) is 105 Å². The van der Waals surface area contributed by atoms with Crippen molar-refractivity contribution in [1.29, 1.82) is 0 Å². The van der Waals surface area contributed by atoms with Crippen molar-refractivity contribution < 1.29 is 22.8 Å². The van der Waals surface area contributed by atoms with Gasteiger partial charge in [-0.25, -0.2) is 0 Å². The maximum Gasteiger partial charge on any atom is 0.416 e. The van der Waals surface area contributed by atoms with Gasteiger partial charge in [0.05, 0.1) is 35.3 Å². The second-order valence-electron chi connectivity index (χ2n) is 9.09. The number of thioether (sulfide) groups is 1. The third kappa shape index (κ3) is 4.93. The summed E-state index contributed by atoms with van der Waals surface area (Å²) in [6.07, 6.45) is 0.472. The van der Waals surface area contributed by atoms with Crippen LogP contribution in [0.3, 0.4) is 0 Å². The fourth-order valence-corrected chi connectivity index (χ4v) is 5.61. The van der Waals surface area contributed by atoms with Crippen molar-refractivity contribution in [2.75, 3.05) is 0 Å². The van der Waals surface area contributed by atoms with Crippen LogP contribution in [0.2, 0.25) is 5.02 Å². The lowest BCUT2D eigenvalue weighted by atomic mass is 10.1. The van der Waals surface area contributed by atoms with Crippen LogP contribution in [0.15, 0.2) is 78.0 Å². The first kappa shape index (κ1) is 25.3. The summed E-state index contributed by atoms with van der Waals surface area (Å²) in [5.74, 6) is -0.377. The maximum atomic E-state index is 13.5. The predicted octanol–water partition coefficient (Wildman–Crippen LogP) is 7.47. The first-order valence-electron chi connectivity index (χ1n) is 11.8. The Morgan fingerprint density at radius 1 is 0.974 bits per heavy atom. The Kier molecular flexibility index (Phi) is 6.23. The molecule has 11 heteroatoms. The van der Waals surface area contributed by atoms with Gasteiger partial charge in [-0.15, -0.1) is 0 Å². The molecule has 0 atom stereocenters. The fourth-order valence-electron chi connectivity index (χ4n) is 4.60. The molecule has 2 aromatic heterocycles. The molecular weight excluding hydrogens is 549 g/mol. The number of hydrogen-bond donors (Lipinski definition) is 1. The van der Waals surface area contributed by atoms with Crippen LogP contribution in [0.25, 0.3) is 27.9 Å². The highest BCUT2D eigenvalue weighted by atomic mass is 35.5. The summed E-state index contributed by atoms with van der Waals surface area (Å²) in [5.41, 5.74) is 2.35. The van der Waals surface area contributed by atoms with Crippen LogP contribution >= 0.6 is 23.4 Å². The van der Waals surface area contributed by atoms with Crippen LogP contribution in [0, 0.1) is 0 Å². The van der Waals surface area contributed by atoms with Crippen molar-refractivity contribution in [2.45, 2.75) is 19.3 Å². The van der Waals surface area contributed by atoms with E-state index in [1.807, 2.05) is 30.5 Å². The third-order valence-corrected chi connectivity index (χ3v) is 7.64. The number of amides is 2. The number of hydrogen-bond acceptors (Lipinski definition) is 4. The molecule has 1 N–H and O–H groups in total. The van der Waals surface area contributed by atoms with Gasteiger partial charge in [0.1, 0.15) is 0 Å². The minimum Gasteiger partial charge on any atom is -0.361 e. The molecular formula is C28H18ClF3N4O2S. The molecule has 6 nitrogen and oxygen atoms in total. The van der Waals surface area contributed by atoms with E-state index in [2.05, 4.69) is 10.1 Å². The molecule has 0 radical (unpaired) electrons. The van der Waals surface area contributed by atoms with Gasteiger partial charge in [0.2, 0.25) is 0 Å². The number of carbonyl (C=O) groups excluding carboxylic acids is 2. The molecule has 5 aromatic rings. The van der Waals surface area contributed by atoms with Gasteiger partial charge in [0.15, 0.2) is 0 Å². The second kappa shape index (κ2) is 9.62. The number of H-pyrrole nitrogens is 1. The highest BCUT2D eigenvalue weighted by Crippen LogP contribution is 2.36. The normalized spacial score (nSPS) is 15.4. The number of benzene rings is 3. The molecule has 1 aliphatic heterocycles. The Bertz CT molecular complexity index is 1810. The summed E-state index contributed by atoms with van der Waals surface area (Å²) in [6, 6.07) is 16.6. The molecule has 196 valence electrons. The van der Waals surface area contributed by atoms with Crippen LogP contribution in [-0.2, 0) is 24.1 Å². The molecule has 0 bridgehead atoms. The molecule has 3 aromatic carbocycles. The van der Waals surface area contributed by atoms with E-state index in [0.29, 0.717) is 21.4 Å². The summed E-state index contributed by atoms with van der Waals surface area (Å²) in [6.45, 7) is 0.0713. The van der Waals surface area contributed by atoms with Gasteiger partial charge in [-0.3, -0.25) is 19.2 Å². The average molecular weight is 567 g/mol. The van der Waals surface area contributed by atoms with Gasteiger partial charge in [0, 0.05) is 22.1 Å². The van der Waals surface area contributed by atoms with E-state index in [0.717, 1.165) is 34.3 Å². The van der Waals surface area contributed by atoms with E-state index < -0.39 is 11.7 Å². The fraction of sp³-hybridized carbons (Fsp3) is 0.107. The highest BCUT2D eigenvalue weighted by Gasteiger charge is 2.35.